The molecule has 1 aliphatic rings. The van der Waals surface area contributed by atoms with Crippen LogP contribution >= 0.6 is 0 Å². The summed E-state index contributed by atoms with van der Waals surface area (Å²) in [4.78, 5) is 14.2. The van der Waals surface area contributed by atoms with Crippen LogP contribution in [0.2, 0.25) is 0 Å². The van der Waals surface area contributed by atoms with Gasteiger partial charge in [-0.1, -0.05) is 33.1 Å². The van der Waals surface area contributed by atoms with Crippen molar-refractivity contribution in [3.05, 3.63) is 0 Å². The quantitative estimate of drug-likeness (QED) is 0.688. The second-order valence-corrected chi connectivity index (χ2v) is 4.93. The summed E-state index contributed by atoms with van der Waals surface area (Å²) < 4.78 is 0. The van der Waals surface area contributed by atoms with Crippen molar-refractivity contribution in [1.82, 2.24) is 4.90 Å². The molecule has 3 heteroatoms. The number of carbonyl (C=O) groups is 1. The van der Waals surface area contributed by atoms with Crippen molar-refractivity contribution < 1.29 is 4.79 Å². The number of nitrogens with zero attached hydrogens (tertiary/aromatic N) is 2. The molecule has 1 aliphatic carbocycles. The molecule has 0 aliphatic heterocycles. The topological polar surface area (TPSA) is 44.1 Å². The molecule has 1 saturated carbocycles. The van der Waals surface area contributed by atoms with E-state index < -0.39 is 0 Å². The van der Waals surface area contributed by atoms with Crippen LogP contribution in [0, 0.1) is 17.2 Å². The van der Waals surface area contributed by atoms with Crippen LogP contribution in [-0.4, -0.2) is 23.4 Å². The van der Waals surface area contributed by atoms with Crippen LogP contribution in [0.4, 0.5) is 0 Å². The zero-order valence-corrected chi connectivity index (χ0v) is 11.1. The SMILES string of the molecule is CCC(CC)C(=O)N(CC#N)C1CCCCC1. The van der Waals surface area contributed by atoms with Gasteiger partial charge in [0.25, 0.3) is 0 Å². The molecule has 0 aromatic rings. The highest BCUT2D eigenvalue weighted by molar-refractivity contribution is 5.79. The minimum absolute atomic E-state index is 0.102. The van der Waals surface area contributed by atoms with E-state index in [1.807, 2.05) is 4.90 Å². The van der Waals surface area contributed by atoms with Crippen LogP contribution in [0.15, 0.2) is 0 Å². The van der Waals surface area contributed by atoms with Gasteiger partial charge in [0.2, 0.25) is 5.91 Å². The Morgan fingerprint density at radius 1 is 1.29 bits per heavy atom. The molecule has 0 unspecified atom stereocenters. The Balaban J connectivity index is 2.69. The van der Waals surface area contributed by atoms with Crippen molar-refractivity contribution in [2.45, 2.75) is 64.8 Å². The number of carbonyl (C=O) groups excluding carboxylic acids is 1. The van der Waals surface area contributed by atoms with E-state index in [1.165, 1.54) is 19.3 Å². The molecule has 1 fully saturated rings. The largest absolute Gasteiger partial charge is 0.326 e. The lowest BCUT2D eigenvalue weighted by atomic mass is 9.92. The van der Waals surface area contributed by atoms with Gasteiger partial charge < -0.3 is 4.90 Å². The van der Waals surface area contributed by atoms with Crippen LogP contribution in [0.5, 0.6) is 0 Å². The Labute approximate surface area is 105 Å². The molecule has 96 valence electrons. The smallest absolute Gasteiger partial charge is 0.226 e. The lowest BCUT2D eigenvalue weighted by Crippen LogP contribution is -2.44. The van der Waals surface area contributed by atoms with E-state index in [-0.39, 0.29) is 18.4 Å². The van der Waals surface area contributed by atoms with Crippen molar-refractivity contribution in [1.29, 1.82) is 5.26 Å². The summed E-state index contributed by atoms with van der Waals surface area (Å²) in [5.74, 6) is 0.300. The van der Waals surface area contributed by atoms with Gasteiger partial charge in [-0.25, -0.2) is 0 Å². The van der Waals surface area contributed by atoms with Crippen LogP contribution in [0.3, 0.4) is 0 Å². The Morgan fingerprint density at radius 2 is 1.88 bits per heavy atom. The van der Waals surface area contributed by atoms with Gasteiger partial charge in [-0.2, -0.15) is 5.26 Å². The average molecular weight is 236 g/mol. The second kappa shape index (κ2) is 7.32. The number of nitriles is 1. The third-order valence-corrected chi connectivity index (χ3v) is 3.87. The predicted octanol–water partition coefficient (Wildman–Crippen LogP) is 3.11. The summed E-state index contributed by atoms with van der Waals surface area (Å²) >= 11 is 0. The molecule has 0 aromatic heterocycles. The molecule has 0 saturated heterocycles. The zero-order chi connectivity index (χ0) is 12.7. The summed E-state index contributed by atoms with van der Waals surface area (Å²) in [5, 5.41) is 8.90. The molecular weight excluding hydrogens is 212 g/mol. The Morgan fingerprint density at radius 3 is 2.35 bits per heavy atom. The zero-order valence-electron chi connectivity index (χ0n) is 11.1. The highest BCUT2D eigenvalue weighted by atomic mass is 16.2. The molecule has 0 spiro atoms. The third-order valence-electron chi connectivity index (χ3n) is 3.87. The van der Waals surface area contributed by atoms with Crippen LogP contribution in [-0.2, 0) is 4.79 Å². The van der Waals surface area contributed by atoms with Crippen LogP contribution < -0.4 is 0 Å². The molecule has 0 heterocycles. The van der Waals surface area contributed by atoms with E-state index in [4.69, 9.17) is 5.26 Å². The fraction of sp³-hybridized carbons (Fsp3) is 0.857. The minimum Gasteiger partial charge on any atom is -0.326 e. The summed E-state index contributed by atoms with van der Waals surface area (Å²) in [6.07, 6.45) is 7.58. The number of hydrogen-bond acceptors (Lipinski definition) is 2. The first-order valence-electron chi connectivity index (χ1n) is 6.92. The first-order chi connectivity index (χ1) is 8.24. The fourth-order valence-corrected chi connectivity index (χ4v) is 2.73. The van der Waals surface area contributed by atoms with Gasteiger partial charge in [-0.15, -0.1) is 0 Å². The van der Waals surface area contributed by atoms with Gasteiger partial charge in [0, 0.05) is 12.0 Å². The minimum atomic E-state index is 0.102. The third kappa shape index (κ3) is 3.73. The number of hydrogen-bond donors (Lipinski definition) is 0. The van der Waals surface area contributed by atoms with Gasteiger partial charge in [0.15, 0.2) is 0 Å². The van der Waals surface area contributed by atoms with Crippen molar-refractivity contribution in [2.24, 2.45) is 5.92 Å². The molecular formula is C14H24N2O. The van der Waals surface area contributed by atoms with E-state index in [9.17, 15) is 4.79 Å². The first-order valence-corrected chi connectivity index (χ1v) is 6.92. The number of amides is 1. The Kier molecular flexibility index (Phi) is 6.04. The van der Waals surface area contributed by atoms with Crippen LogP contribution in [0.1, 0.15) is 58.8 Å². The summed E-state index contributed by atoms with van der Waals surface area (Å²) in [7, 11) is 0. The lowest BCUT2D eigenvalue weighted by molar-refractivity contribution is -0.138. The van der Waals surface area contributed by atoms with E-state index in [0.717, 1.165) is 25.7 Å². The molecule has 0 N–H and O–H groups in total. The standard InChI is InChI=1S/C14H24N2O/c1-3-12(4-2)14(17)16(11-10-15)13-8-6-5-7-9-13/h12-13H,3-9,11H2,1-2H3. The molecule has 17 heavy (non-hydrogen) atoms. The maximum Gasteiger partial charge on any atom is 0.226 e. The summed E-state index contributed by atoms with van der Waals surface area (Å²) in [6.45, 7) is 4.37. The van der Waals surface area contributed by atoms with Crippen molar-refractivity contribution in [3.8, 4) is 6.07 Å². The maximum absolute atomic E-state index is 12.4. The van der Waals surface area contributed by atoms with Crippen LogP contribution in [0.25, 0.3) is 0 Å². The van der Waals surface area contributed by atoms with Crippen molar-refractivity contribution in [3.63, 3.8) is 0 Å². The maximum atomic E-state index is 12.4. The highest BCUT2D eigenvalue weighted by Gasteiger charge is 2.28. The van der Waals surface area contributed by atoms with Gasteiger partial charge >= 0.3 is 0 Å². The van der Waals surface area contributed by atoms with E-state index in [2.05, 4.69) is 19.9 Å². The molecule has 0 atom stereocenters. The van der Waals surface area contributed by atoms with E-state index in [1.54, 1.807) is 0 Å². The molecule has 3 nitrogen and oxygen atoms in total. The fourth-order valence-electron chi connectivity index (χ4n) is 2.73. The summed E-state index contributed by atoms with van der Waals surface area (Å²) in [6, 6.07) is 2.47. The lowest BCUT2D eigenvalue weighted by Gasteiger charge is -2.34. The average Bonchev–Trinajstić information content (AvgIpc) is 2.38. The molecule has 0 bridgehead atoms. The molecule has 0 radical (unpaired) electrons. The second-order valence-electron chi connectivity index (χ2n) is 4.93. The van der Waals surface area contributed by atoms with Gasteiger partial charge in [0.1, 0.15) is 6.54 Å². The first kappa shape index (κ1) is 14.0. The highest BCUT2D eigenvalue weighted by Crippen LogP contribution is 2.24. The van der Waals surface area contributed by atoms with Crippen molar-refractivity contribution >= 4 is 5.91 Å². The van der Waals surface area contributed by atoms with E-state index in [0.29, 0.717) is 6.04 Å². The van der Waals surface area contributed by atoms with Gasteiger partial charge in [0.05, 0.1) is 6.07 Å². The predicted molar refractivity (Wildman–Crippen MR) is 68.3 cm³/mol. The molecule has 1 rings (SSSR count). The summed E-state index contributed by atoms with van der Waals surface area (Å²) in [5.41, 5.74) is 0. The molecule has 0 aromatic carbocycles. The van der Waals surface area contributed by atoms with E-state index >= 15 is 0 Å². The normalized spacial score (nSPS) is 16.8. The molecule has 1 amide bonds. The van der Waals surface area contributed by atoms with Gasteiger partial charge in [-0.3, -0.25) is 4.79 Å². The monoisotopic (exact) mass is 236 g/mol. The van der Waals surface area contributed by atoms with Gasteiger partial charge in [-0.05, 0) is 25.7 Å². The number of rotatable bonds is 5. The Hall–Kier alpha value is -1.04. The Bertz CT molecular complexity index is 272. The van der Waals surface area contributed by atoms with Crippen molar-refractivity contribution in [2.75, 3.05) is 6.54 Å².